The van der Waals surface area contributed by atoms with Crippen molar-refractivity contribution < 1.29 is 19.1 Å². The molecule has 5 rings (SSSR count). The number of rotatable bonds is 7. The van der Waals surface area contributed by atoms with Gasteiger partial charge in [-0.2, -0.15) is 0 Å². The summed E-state index contributed by atoms with van der Waals surface area (Å²) in [5.74, 6) is -0.428. The average Bonchev–Trinajstić information content (AvgIpc) is 3.00. The van der Waals surface area contributed by atoms with Crippen LogP contribution >= 0.6 is 0 Å². The Hall–Kier alpha value is -3.72. The number of anilines is 1. The molecule has 2 fully saturated rings. The minimum absolute atomic E-state index is 0.0185. The zero-order valence-corrected chi connectivity index (χ0v) is 24.1. The number of nitrogens with two attached hydrogens (primary N) is 1. The van der Waals surface area contributed by atoms with Gasteiger partial charge in [0.25, 0.3) is 0 Å². The van der Waals surface area contributed by atoms with E-state index >= 15 is 0 Å². The zero-order chi connectivity index (χ0) is 29.1. The number of likely N-dealkylation sites (tertiary alicyclic amines) is 1. The number of ketones is 2. The van der Waals surface area contributed by atoms with Gasteiger partial charge in [0.15, 0.2) is 17.5 Å². The first-order valence-corrected chi connectivity index (χ1v) is 14.7. The van der Waals surface area contributed by atoms with Crippen LogP contribution in [0.2, 0.25) is 0 Å². The second kappa shape index (κ2) is 12.4. The maximum atomic E-state index is 14.1. The average molecular weight is 560 g/mol. The van der Waals surface area contributed by atoms with E-state index in [0.717, 1.165) is 54.7 Å². The molecule has 3 aliphatic rings. The maximum absolute atomic E-state index is 14.1. The molecule has 0 aliphatic carbocycles. The molecule has 3 heterocycles. The number of hydrogen-bond donors (Lipinski definition) is 2. The number of fused-ring (bicyclic) bond motifs is 1. The van der Waals surface area contributed by atoms with Gasteiger partial charge in [0.1, 0.15) is 6.04 Å². The van der Waals surface area contributed by atoms with Crippen molar-refractivity contribution in [1.82, 2.24) is 9.80 Å². The number of hydrogen-bond acceptors (Lipinski definition) is 6. The number of piperidine rings is 2. The Morgan fingerprint density at radius 1 is 1.00 bits per heavy atom. The standard InChI is InChI=1S/C32H41N5O4/c1-21(38)23-10-8-22(9-11-23)19-29(39)30-27-6-3-7-28(35-16-12-25(41-2)13-17-35)26(27)14-18-37(30)31(40)24-5-4-15-36(20-24)32(33)34/h3,6-11,24-25,30H,4-5,12-20H2,1-2H3,(H3,33,34). The highest BCUT2D eigenvalue weighted by molar-refractivity contribution is 5.95. The van der Waals surface area contributed by atoms with Gasteiger partial charge in [-0.25, -0.2) is 0 Å². The van der Waals surface area contributed by atoms with E-state index in [0.29, 0.717) is 38.0 Å². The number of Topliss-reactive ketones (excluding diaryl/α,β-unsaturated/α-hetero) is 2. The molecule has 1 amide bonds. The Labute approximate surface area is 242 Å². The quantitative estimate of drug-likeness (QED) is 0.303. The molecular formula is C32H41N5O4. The second-order valence-electron chi connectivity index (χ2n) is 11.5. The van der Waals surface area contributed by atoms with E-state index in [1.54, 1.807) is 29.0 Å². The zero-order valence-electron chi connectivity index (χ0n) is 24.1. The third-order valence-electron chi connectivity index (χ3n) is 8.95. The number of nitrogens with zero attached hydrogens (tertiary/aromatic N) is 3. The minimum Gasteiger partial charge on any atom is -0.381 e. The molecule has 2 aromatic carbocycles. The van der Waals surface area contributed by atoms with Gasteiger partial charge in [-0.3, -0.25) is 19.8 Å². The summed E-state index contributed by atoms with van der Waals surface area (Å²) in [6, 6.07) is 12.6. The lowest BCUT2D eigenvalue weighted by Crippen LogP contribution is -2.52. The van der Waals surface area contributed by atoms with Crippen LogP contribution in [0.4, 0.5) is 5.69 Å². The third-order valence-corrected chi connectivity index (χ3v) is 8.95. The number of ether oxygens (including phenoxy) is 1. The van der Waals surface area contributed by atoms with Crippen LogP contribution in [0.15, 0.2) is 42.5 Å². The normalized spacial score (nSPS) is 21.4. The van der Waals surface area contributed by atoms with Crippen molar-refractivity contribution >= 4 is 29.1 Å². The minimum atomic E-state index is -0.692. The molecule has 3 aliphatic heterocycles. The van der Waals surface area contributed by atoms with Crippen LogP contribution in [0.1, 0.15) is 65.7 Å². The molecule has 9 heteroatoms. The predicted molar refractivity (Wildman–Crippen MR) is 158 cm³/mol. The lowest BCUT2D eigenvalue weighted by atomic mass is 9.85. The van der Waals surface area contributed by atoms with Crippen molar-refractivity contribution in [2.24, 2.45) is 11.7 Å². The Balaban J connectivity index is 1.46. The molecule has 0 saturated carbocycles. The molecule has 218 valence electrons. The molecule has 0 aromatic heterocycles. The molecule has 2 unspecified atom stereocenters. The van der Waals surface area contributed by atoms with Crippen molar-refractivity contribution in [3.8, 4) is 0 Å². The fourth-order valence-corrected chi connectivity index (χ4v) is 6.65. The maximum Gasteiger partial charge on any atom is 0.228 e. The van der Waals surface area contributed by atoms with Crippen LogP contribution in [0, 0.1) is 11.3 Å². The lowest BCUT2D eigenvalue weighted by molar-refractivity contribution is -0.144. The molecule has 0 spiro atoms. The Bertz CT molecular complexity index is 1300. The molecule has 2 aromatic rings. The van der Waals surface area contributed by atoms with Crippen LogP contribution < -0.4 is 10.6 Å². The van der Waals surface area contributed by atoms with Crippen LogP contribution in [0.5, 0.6) is 0 Å². The number of methoxy groups -OCH3 is 1. The van der Waals surface area contributed by atoms with Crippen LogP contribution in [-0.2, 0) is 27.2 Å². The van der Waals surface area contributed by atoms with E-state index in [1.807, 2.05) is 24.3 Å². The topological polar surface area (TPSA) is 120 Å². The Morgan fingerprint density at radius 2 is 1.73 bits per heavy atom. The SMILES string of the molecule is COC1CCN(c2cccc3c2CCN(C(=O)C2CCCN(C(=N)N)C2)C3C(=O)Cc2ccc(C(C)=O)cc2)CC1. The van der Waals surface area contributed by atoms with Gasteiger partial charge in [-0.1, -0.05) is 36.4 Å². The number of carbonyl (C=O) groups excluding carboxylic acids is 3. The van der Waals surface area contributed by atoms with E-state index < -0.39 is 6.04 Å². The smallest absolute Gasteiger partial charge is 0.228 e. The van der Waals surface area contributed by atoms with Gasteiger partial charge in [0.2, 0.25) is 5.91 Å². The summed E-state index contributed by atoms with van der Waals surface area (Å²) in [4.78, 5) is 45.8. The van der Waals surface area contributed by atoms with Gasteiger partial charge < -0.3 is 25.2 Å². The summed E-state index contributed by atoms with van der Waals surface area (Å²) in [5, 5.41) is 7.87. The van der Waals surface area contributed by atoms with Gasteiger partial charge in [-0.15, -0.1) is 0 Å². The first kappa shape index (κ1) is 28.8. The van der Waals surface area contributed by atoms with Gasteiger partial charge in [0, 0.05) is 57.5 Å². The molecule has 2 saturated heterocycles. The monoisotopic (exact) mass is 559 g/mol. The van der Waals surface area contributed by atoms with Crippen molar-refractivity contribution in [2.45, 2.75) is 57.6 Å². The summed E-state index contributed by atoms with van der Waals surface area (Å²) in [5.41, 5.74) is 10.4. The van der Waals surface area contributed by atoms with E-state index in [-0.39, 0.29) is 41.9 Å². The second-order valence-corrected chi connectivity index (χ2v) is 11.5. The van der Waals surface area contributed by atoms with Crippen LogP contribution in [0.3, 0.4) is 0 Å². The summed E-state index contributed by atoms with van der Waals surface area (Å²) in [6.07, 6.45) is 4.53. The van der Waals surface area contributed by atoms with Crippen LogP contribution in [0.25, 0.3) is 0 Å². The van der Waals surface area contributed by atoms with Gasteiger partial charge in [-0.05, 0) is 61.8 Å². The van der Waals surface area contributed by atoms with Crippen molar-refractivity contribution in [3.63, 3.8) is 0 Å². The summed E-state index contributed by atoms with van der Waals surface area (Å²) in [6.45, 7) is 4.84. The third kappa shape index (κ3) is 6.15. The van der Waals surface area contributed by atoms with Crippen molar-refractivity contribution in [1.29, 1.82) is 5.41 Å². The number of nitrogens with one attached hydrogen (secondary N) is 1. The lowest BCUT2D eigenvalue weighted by Gasteiger charge is -2.42. The largest absolute Gasteiger partial charge is 0.381 e. The number of guanidine groups is 1. The molecule has 0 bridgehead atoms. The molecule has 0 radical (unpaired) electrons. The first-order chi connectivity index (χ1) is 19.8. The van der Waals surface area contributed by atoms with Gasteiger partial charge in [0.05, 0.1) is 12.0 Å². The molecule has 3 N–H and O–H groups in total. The highest BCUT2D eigenvalue weighted by Crippen LogP contribution is 2.39. The number of amides is 1. The van der Waals surface area contributed by atoms with Crippen molar-refractivity contribution in [2.75, 3.05) is 44.7 Å². The predicted octanol–water partition coefficient (Wildman–Crippen LogP) is 3.35. The van der Waals surface area contributed by atoms with E-state index in [9.17, 15) is 14.4 Å². The fraction of sp³-hybridized carbons (Fsp3) is 0.500. The van der Waals surface area contributed by atoms with Crippen molar-refractivity contribution in [3.05, 3.63) is 64.7 Å². The molecular weight excluding hydrogens is 518 g/mol. The molecule has 2 atom stereocenters. The highest BCUT2D eigenvalue weighted by atomic mass is 16.5. The number of benzene rings is 2. The van der Waals surface area contributed by atoms with Gasteiger partial charge >= 0.3 is 0 Å². The molecule has 9 nitrogen and oxygen atoms in total. The highest BCUT2D eigenvalue weighted by Gasteiger charge is 2.40. The Kier molecular flexibility index (Phi) is 8.73. The fourth-order valence-electron chi connectivity index (χ4n) is 6.65. The summed E-state index contributed by atoms with van der Waals surface area (Å²) < 4.78 is 5.58. The van der Waals surface area contributed by atoms with E-state index in [1.165, 1.54) is 6.92 Å². The number of carbonyl (C=O) groups is 3. The first-order valence-electron chi connectivity index (χ1n) is 14.7. The van der Waals surface area contributed by atoms with E-state index in [2.05, 4.69) is 11.0 Å². The summed E-state index contributed by atoms with van der Waals surface area (Å²) >= 11 is 0. The summed E-state index contributed by atoms with van der Waals surface area (Å²) in [7, 11) is 1.77. The Morgan fingerprint density at radius 3 is 2.39 bits per heavy atom. The van der Waals surface area contributed by atoms with E-state index in [4.69, 9.17) is 15.9 Å². The van der Waals surface area contributed by atoms with Crippen LogP contribution in [-0.4, -0.2) is 79.2 Å². The molecule has 41 heavy (non-hydrogen) atoms.